The van der Waals surface area contributed by atoms with Crippen LogP contribution in [-0.4, -0.2) is 36.9 Å². The molecule has 0 amide bonds. The summed E-state index contributed by atoms with van der Waals surface area (Å²) in [6, 6.07) is 7.86. The Hall–Kier alpha value is -1.75. The monoisotopic (exact) mass is 307 g/mol. The van der Waals surface area contributed by atoms with Gasteiger partial charge in [0.15, 0.2) is 5.96 Å². The number of methoxy groups -OCH3 is 1. The summed E-state index contributed by atoms with van der Waals surface area (Å²) in [5.41, 5.74) is 0.393. The number of hydrogen-bond acceptors (Lipinski definition) is 3. The molecular formula is C17H29N3O2. The maximum Gasteiger partial charge on any atom is 0.191 e. The summed E-state index contributed by atoms with van der Waals surface area (Å²) in [4.78, 5) is 4.56. The average molecular weight is 307 g/mol. The third kappa shape index (κ3) is 5.93. The minimum atomic E-state index is -0.688. The normalized spacial score (nSPS) is 12.1. The zero-order valence-electron chi connectivity index (χ0n) is 14.1. The van der Waals surface area contributed by atoms with Crippen LogP contribution < -0.4 is 15.4 Å². The van der Waals surface area contributed by atoms with Crippen molar-refractivity contribution in [3.63, 3.8) is 0 Å². The second-order valence-electron chi connectivity index (χ2n) is 5.33. The van der Waals surface area contributed by atoms with E-state index >= 15 is 0 Å². The lowest BCUT2D eigenvalue weighted by atomic mass is 9.98. The Morgan fingerprint density at radius 2 is 1.95 bits per heavy atom. The first-order chi connectivity index (χ1) is 10.6. The van der Waals surface area contributed by atoms with E-state index in [2.05, 4.69) is 15.6 Å². The smallest absolute Gasteiger partial charge is 0.191 e. The number of rotatable bonds is 8. The molecule has 124 valence electrons. The van der Waals surface area contributed by atoms with Crippen molar-refractivity contribution < 1.29 is 9.84 Å². The van der Waals surface area contributed by atoms with E-state index in [-0.39, 0.29) is 0 Å². The number of aliphatic imine (C=N–C) groups is 1. The molecule has 0 bridgehead atoms. The van der Waals surface area contributed by atoms with E-state index in [4.69, 9.17) is 4.74 Å². The Bertz CT molecular complexity index is 471. The van der Waals surface area contributed by atoms with Crippen molar-refractivity contribution in [3.05, 3.63) is 29.8 Å². The summed E-state index contributed by atoms with van der Waals surface area (Å²) in [6.07, 6.45) is 1.43. The Morgan fingerprint density at radius 1 is 1.23 bits per heavy atom. The van der Waals surface area contributed by atoms with Crippen molar-refractivity contribution in [2.45, 2.75) is 45.8 Å². The Kier molecular flexibility index (Phi) is 7.74. The summed E-state index contributed by atoms with van der Waals surface area (Å²) < 4.78 is 5.22. The molecule has 0 heterocycles. The zero-order valence-corrected chi connectivity index (χ0v) is 14.1. The second-order valence-corrected chi connectivity index (χ2v) is 5.33. The van der Waals surface area contributed by atoms with Crippen molar-refractivity contribution in [2.75, 3.05) is 20.2 Å². The molecule has 5 heteroatoms. The van der Waals surface area contributed by atoms with E-state index in [1.165, 1.54) is 0 Å². The van der Waals surface area contributed by atoms with E-state index in [0.717, 1.165) is 17.9 Å². The number of benzene rings is 1. The molecule has 0 aromatic heterocycles. The summed E-state index contributed by atoms with van der Waals surface area (Å²) in [6.45, 7) is 7.83. The standard InChI is InChI=1S/C17H29N3O2/c1-5-17(21,6-2)13-20-16(18-7-3)19-12-14-9-8-10-15(11-14)22-4/h8-11,21H,5-7,12-13H2,1-4H3,(H2,18,19,20). The van der Waals surface area contributed by atoms with Crippen LogP contribution in [0.4, 0.5) is 0 Å². The van der Waals surface area contributed by atoms with Crippen LogP contribution in [0.1, 0.15) is 39.2 Å². The van der Waals surface area contributed by atoms with E-state index in [1.807, 2.05) is 45.0 Å². The maximum atomic E-state index is 10.3. The van der Waals surface area contributed by atoms with Gasteiger partial charge < -0.3 is 20.5 Å². The van der Waals surface area contributed by atoms with Gasteiger partial charge in [0.25, 0.3) is 0 Å². The molecule has 0 aliphatic heterocycles. The van der Waals surface area contributed by atoms with Crippen LogP contribution in [0, 0.1) is 0 Å². The fourth-order valence-electron chi connectivity index (χ4n) is 2.03. The lowest BCUT2D eigenvalue weighted by molar-refractivity contribution is 0.0367. The number of guanidine groups is 1. The fraction of sp³-hybridized carbons (Fsp3) is 0.588. The minimum Gasteiger partial charge on any atom is -0.497 e. The van der Waals surface area contributed by atoms with Crippen LogP contribution in [-0.2, 0) is 6.54 Å². The quantitative estimate of drug-likeness (QED) is 0.509. The highest BCUT2D eigenvalue weighted by Gasteiger charge is 2.22. The summed E-state index contributed by atoms with van der Waals surface area (Å²) in [7, 11) is 1.66. The van der Waals surface area contributed by atoms with Gasteiger partial charge in [-0.3, -0.25) is 0 Å². The first-order valence-electron chi connectivity index (χ1n) is 7.94. The molecule has 0 saturated carbocycles. The van der Waals surface area contributed by atoms with Gasteiger partial charge >= 0.3 is 0 Å². The minimum absolute atomic E-state index is 0.490. The summed E-state index contributed by atoms with van der Waals surface area (Å²) >= 11 is 0. The maximum absolute atomic E-state index is 10.3. The van der Waals surface area contributed by atoms with Crippen LogP contribution >= 0.6 is 0 Å². The first-order valence-corrected chi connectivity index (χ1v) is 7.94. The first kappa shape index (κ1) is 18.3. The van der Waals surface area contributed by atoms with Gasteiger partial charge in [0.05, 0.1) is 19.3 Å². The van der Waals surface area contributed by atoms with Crippen LogP contribution in [0.5, 0.6) is 5.75 Å². The number of nitrogens with zero attached hydrogens (tertiary/aromatic N) is 1. The van der Waals surface area contributed by atoms with Gasteiger partial charge in [-0.1, -0.05) is 26.0 Å². The average Bonchev–Trinajstić information content (AvgIpc) is 2.57. The molecule has 22 heavy (non-hydrogen) atoms. The molecule has 0 unspecified atom stereocenters. The molecule has 0 aliphatic carbocycles. The van der Waals surface area contributed by atoms with Crippen LogP contribution in [0.25, 0.3) is 0 Å². The van der Waals surface area contributed by atoms with Gasteiger partial charge in [0, 0.05) is 13.1 Å². The van der Waals surface area contributed by atoms with Crippen LogP contribution in [0.15, 0.2) is 29.3 Å². The van der Waals surface area contributed by atoms with Crippen molar-refractivity contribution >= 4 is 5.96 Å². The lowest BCUT2D eigenvalue weighted by Gasteiger charge is -2.26. The fourth-order valence-corrected chi connectivity index (χ4v) is 2.03. The molecule has 1 aromatic rings. The number of aliphatic hydroxyl groups is 1. The predicted octanol–water partition coefficient (Wildman–Crippen LogP) is 2.30. The van der Waals surface area contributed by atoms with Gasteiger partial charge in [-0.2, -0.15) is 0 Å². The third-order valence-corrected chi connectivity index (χ3v) is 3.80. The van der Waals surface area contributed by atoms with E-state index < -0.39 is 5.60 Å². The van der Waals surface area contributed by atoms with Crippen molar-refractivity contribution in [2.24, 2.45) is 4.99 Å². The molecular weight excluding hydrogens is 278 g/mol. The molecule has 0 atom stereocenters. The zero-order chi connectivity index (χ0) is 16.4. The molecule has 1 aromatic carbocycles. The Labute approximate surface area is 133 Å². The lowest BCUT2D eigenvalue weighted by Crippen LogP contribution is -2.46. The number of ether oxygens (including phenoxy) is 1. The van der Waals surface area contributed by atoms with E-state index in [0.29, 0.717) is 31.9 Å². The van der Waals surface area contributed by atoms with Gasteiger partial charge in [-0.15, -0.1) is 0 Å². The molecule has 0 saturated heterocycles. The number of hydrogen-bond donors (Lipinski definition) is 3. The molecule has 0 fully saturated rings. The van der Waals surface area contributed by atoms with Crippen molar-refractivity contribution in [3.8, 4) is 5.75 Å². The van der Waals surface area contributed by atoms with Gasteiger partial charge in [0.2, 0.25) is 0 Å². The van der Waals surface area contributed by atoms with Crippen molar-refractivity contribution in [1.29, 1.82) is 0 Å². The molecule has 3 N–H and O–H groups in total. The third-order valence-electron chi connectivity index (χ3n) is 3.80. The van der Waals surface area contributed by atoms with Gasteiger partial charge in [-0.25, -0.2) is 4.99 Å². The van der Waals surface area contributed by atoms with Gasteiger partial charge in [-0.05, 0) is 37.5 Å². The predicted molar refractivity (Wildman–Crippen MR) is 91.3 cm³/mol. The van der Waals surface area contributed by atoms with Gasteiger partial charge in [0.1, 0.15) is 5.75 Å². The highest BCUT2D eigenvalue weighted by atomic mass is 16.5. The molecule has 0 radical (unpaired) electrons. The largest absolute Gasteiger partial charge is 0.497 e. The molecule has 1 rings (SSSR count). The topological polar surface area (TPSA) is 65.9 Å². The summed E-state index contributed by atoms with van der Waals surface area (Å²) in [5.74, 6) is 1.54. The molecule has 0 spiro atoms. The van der Waals surface area contributed by atoms with Crippen molar-refractivity contribution in [1.82, 2.24) is 10.6 Å². The molecule has 0 aliphatic rings. The van der Waals surface area contributed by atoms with Crippen LogP contribution in [0.2, 0.25) is 0 Å². The second kappa shape index (κ2) is 9.30. The number of nitrogens with one attached hydrogen (secondary N) is 2. The molecule has 5 nitrogen and oxygen atoms in total. The SMILES string of the molecule is CCNC(=NCc1cccc(OC)c1)NCC(O)(CC)CC. The summed E-state index contributed by atoms with van der Waals surface area (Å²) in [5, 5.41) is 16.8. The van der Waals surface area contributed by atoms with Crippen LogP contribution in [0.3, 0.4) is 0 Å². The Balaban J connectivity index is 2.68. The highest BCUT2D eigenvalue weighted by molar-refractivity contribution is 5.79. The highest BCUT2D eigenvalue weighted by Crippen LogP contribution is 2.14. The van der Waals surface area contributed by atoms with E-state index in [9.17, 15) is 5.11 Å². The van der Waals surface area contributed by atoms with E-state index in [1.54, 1.807) is 7.11 Å². The Morgan fingerprint density at radius 3 is 2.55 bits per heavy atom.